The van der Waals surface area contributed by atoms with E-state index in [1.807, 2.05) is 38.1 Å². The number of hydrogen-bond donors (Lipinski definition) is 1. The van der Waals surface area contributed by atoms with Crippen LogP contribution in [0.1, 0.15) is 35.9 Å². The molecule has 0 saturated carbocycles. The SMILES string of the molecule is CCc1ccc(N2CC[C@H](C(=O)NCCc3c(C)noc3C)C2=O)cc1. The van der Waals surface area contributed by atoms with Crippen LogP contribution in [0.5, 0.6) is 0 Å². The lowest BCUT2D eigenvalue weighted by molar-refractivity contribution is -0.132. The number of rotatable bonds is 6. The van der Waals surface area contributed by atoms with Gasteiger partial charge in [0.15, 0.2) is 0 Å². The smallest absolute Gasteiger partial charge is 0.239 e. The number of anilines is 1. The Morgan fingerprint density at radius 2 is 2.04 bits per heavy atom. The third-order valence-electron chi connectivity index (χ3n) is 5.03. The molecule has 138 valence electrons. The summed E-state index contributed by atoms with van der Waals surface area (Å²) in [5, 5.41) is 6.79. The zero-order chi connectivity index (χ0) is 18.7. The van der Waals surface area contributed by atoms with Crippen LogP contribution in [-0.2, 0) is 22.4 Å². The van der Waals surface area contributed by atoms with Gasteiger partial charge >= 0.3 is 0 Å². The molecule has 1 aromatic carbocycles. The van der Waals surface area contributed by atoms with Crippen molar-refractivity contribution in [1.82, 2.24) is 10.5 Å². The molecular weight excluding hydrogens is 330 g/mol. The molecule has 1 saturated heterocycles. The van der Waals surface area contributed by atoms with Crippen molar-refractivity contribution >= 4 is 17.5 Å². The Kier molecular flexibility index (Phi) is 5.40. The molecule has 0 spiro atoms. The van der Waals surface area contributed by atoms with Crippen molar-refractivity contribution in [3.05, 3.63) is 46.8 Å². The lowest BCUT2D eigenvalue weighted by Gasteiger charge is -2.17. The Balaban J connectivity index is 1.56. The number of benzene rings is 1. The Morgan fingerprint density at radius 3 is 2.65 bits per heavy atom. The van der Waals surface area contributed by atoms with Crippen molar-refractivity contribution in [1.29, 1.82) is 0 Å². The van der Waals surface area contributed by atoms with E-state index in [0.29, 0.717) is 25.9 Å². The second-order valence-corrected chi connectivity index (χ2v) is 6.69. The standard InChI is InChI=1S/C20H25N3O3/c1-4-15-5-7-16(8-6-15)23-12-10-18(20(23)25)19(24)21-11-9-17-13(2)22-26-14(17)3/h5-8,18H,4,9-12H2,1-3H3,(H,21,24)/t18-/m1/s1. The number of carbonyl (C=O) groups excluding carboxylic acids is 2. The largest absolute Gasteiger partial charge is 0.361 e. The van der Waals surface area contributed by atoms with E-state index in [9.17, 15) is 9.59 Å². The van der Waals surface area contributed by atoms with Gasteiger partial charge in [-0.3, -0.25) is 9.59 Å². The van der Waals surface area contributed by atoms with Crippen LogP contribution < -0.4 is 10.2 Å². The molecule has 0 unspecified atom stereocenters. The van der Waals surface area contributed by atoms with Crippen LogP contribution in [0.3, 0.4) is 0 Å². The molecule has 0 aliphatic carbocycles. The van der Waals surface area contributed by atoms with Crippen molar-refractivity contribution in [2.75, 3.05) is 18.0 Å². The Labute approximate surface area is 153 Å². The molecule has 6 heteroatoms. The number of carbonyl (C=O) groups is 2. The number of nitrogens with one attached hydrogen (secondary N) is 1. The van der Waals surface area contributed by atoms with Crippen molar-refractivity contribution in [2.45, 2.75) is 40.0 Å². The minimum atomic E-state index is -0.606. The Hall–Kier alpha value is -2.63. The fourth-order valence-electron chi connectivity index (χ4n) is 3.38. The van der Waals surface area contributed by atoms with Gasteiger partial charge in [-0.25, -0.2) is 0 Å². The van der Waals surface area contributed by atoms with E-state index in [4.69, 9.17) is 4.52 Å². The molecule has 3 rings (SSSR count). The molecule has 26 heavy (non-hydrogen) atoms. The molecule has 1 aliphatic heterocycles. The van der Waals surface area contributed by atoms with Gasteiger partial charge in [0.2, 0.25) is 11.8 Å². The highest BCUT2D eigenvalue weighted by atomic mass is 16.5. The van der Waals surface area contributed by atoms with Gasteiger partial charge < -0.3 is 14.7 Å². The highest BCUT2D eigenvalue weighted by Crippen LogP contribution is 2.26. The van der Waals surface area contributed by atoms with E-state index in [1.165, 1.54) is 5.56 Å². The minimum Gasteiger partial charge on any atom is -0.361 e. The molecule has 6 nitrogen and oxygen atoms in total. The maximum absolute atomic E-state index is 12.6. The summed E-state index contributed by atoms with van der Waals surface area (Å²) >= 11 is 0. The van der Waals surface area contributed by atoms with E-state index in [2.05, 4.69) is 17.4 Å². The van der Waals surface area contributed by atoms with E-state index < -0.39 is 5.92 Å². The van der Waals surface area contributed by atoms with E-state index in [-0.39, 0.29) is 11.8 Å². The zero-order valence-electron chi connectivity index (χ0n) is 15.5. The van der Waals surface area contributed by atoms with Crippen LogP contribution in [0.15, 0.2) is 28.8 Å². The molecule has 2 aromatic rings. The van der Waals surface area contributed by atoms with Crippen LogP contribution in [0.2, 0.25) is 0 Å². The molecule has 2 heterocycles. The Morgan fingerprint density at radius 1 is 1.31 bits per heavy atom. The molecule has 1 N–H and O–H groups in total. The average Bonchev–Trinajstić information content (AvgIpc) is 3.18. The van der Waals surface area contributed by atoms with Gasteiger partial charge in [0.05, 0.1) is 5.69 Å². The van der Waals surface area contributed by atoms with E-state index in [0.717, 1.165) is 29.1 Å². The van der Waals surface area contributed by atoms with Gasteiger partial charge in [-0.2, -0.15) is 0 Å². The first-order chi connectivity index (χ1) is 12.5. The zero-order valence-corrected chi connectivity index (χ0v) is 15.5. The number of aryl methyl sites for hydroxylation is 3. The third-order valence-corrected chi connectivity index (χ3v) is 5.03. The molecule has 2 amide bonds. The molecule has 0 radical (unpaired) electrons. The van der Waals surface area contributed by atoms with Gasteiger partial charge in [0.1, 0.15) is 11.7 Å². The maximum Gasteiger partial charge on any atom is 0.239 e. The second-order valence-electron chi connectivity index (χ2n) is 6.69. The second kappa shape index (κ2) is 7.72. The van der Waals surface area contributed by atoms with Gasteiger partial charge in [-0.05, 0) is 50.8 Å². The van der Waals surface area contributed by atoms with Crippen LogP contribution in [0, 0.1) is 19.8 Å². The van der Waals surface area contributed by atoms with Gasteiger partial charge in [0.25, 0.3) is 0 Å². The molecule has 1 aliphatic rings. The summed E-state index contributed by atoms with van der Waals surface area (Å²) < 4.78 is 5.13. The van der Waals surface area contributed by atoms with Crippen LogP contribution in [0.4, 0.5) is 5.69 Å². The third kappa shape index (κ3) is 3.64. The van der Waals surface area contributed by atoms with Gasteiger partial charge in [-0.1, -0.05) is 24.2 Å². The summed E-state index contributed by atoms with van der Waals surface area (Å²) in [4.78, 5) is 26.8. The quantitative estimate of drug-likeness (QED) is 0.808. The number of nitrogens with zero attached hydrogens (tertiary/aromatic N) is 2. The molecule has 1 atom stereocenters. The first kappa shape index (κ1) is 18.2. The highest BCUT2D eigenvalue weighted by Gasteiger charge is 2.37. The first-order valence-electron chi connectivity index (χ1n) is 9.11. The summed E-state index contributed by atoms with van der Waals surface area (Å²) in [6.45, 7) is 6.89. The maximum atomic E-state index is 12.6. The number of aromatic nitrogens is 1. The minimum absolute atomic E-state index is 0.121. The summed E-state index contributed by atoms with van der Waals surface area (Å²) in [5.74, 6) is -0.153. The predicted octanol–water partition coefficient (Wildman–Crippen LogP) is 2.57. The fourth-order valence-corrected chi connectivity index (χ4v) is 3.38. The lowest BCUT2D eigenvalue weighted by atomic mass is 10.1. The van der Waals surface area contributed by atoms with Gasteiger partial charge in [0, 0.05) is 24.3 Å². The van der Waals surface area contributed by atoms with Crippen LogP contribution >= 0.6 is 0 Å². The topological polar surface area (TPSA) is 75.4 Å². The predicted molar refractivity (Wildman–Crippen MR) is 99.0 cm³/mol. The van der Waals surface area contributed by atoms with E-state index in [1.54, 1.807) is 4.90 Å². The Bertz CT molecular complexity index is 776. The lowest BCUT2D eigenvalue weighted by Crippen LogP contribution is -2.37. The van der Waals surface area contributed by atoms with Crippen molar-refractivity contribution < 1.29 is 14.1 Å². The number of amides is 2. The monoisotopic (exact) mass is 355 g/mol. The van der Waals surface area contributed by atoms with Crippen molar-refractivity contribution in [3.8, 4) is 0 Å². The molecule has 1 aromatic heterocycles. The summed E-state index contributed by atoms with van der Waals surface area (Å²) in [6, 6.07) is 7.96. The van der Waals surface area contributed by atoms with Gasteiger partial charge in [-0.15, -0.1) is 0 Å². The normalized spacial score (nSPS) is 17.0. The van der Waals surface area contributed by atoms with Crippen LogP contribution in [-0.4, -0.2) is 30.1 Å². The first-order valence-corrected chi connectivity index (χ1v) is 9.11. The van der Waals surface area contributed by atoms with Crippen LogP contribution in [0.25, 0.3) is 0 Å². The van der Waals surface area contributed by atoms with Crippen molar-refractivity contribution in [3.63, 3.8) is 0 Å². The summed E-state index contributed by atoms with van der Waals surface area (Å²) in [5.41, 5.74) is 3.95. The highest BCUT2D eigenvalue weighted by molar-refractivity contribution is 6.09. The summed E-state index contributed by atoms with van der Waals surface area (Å²) in [6.07, 6.45) is 2.16. The van der Waals surface area contributed by atoms with E-state index >= 15 is 0 Å². The molecule has 1 fully saturated rings. The molecule has 0 bridgehead atoms. The molecular formula is C20H25N3O3. The summed E-state index contributed by atoms with van der Waals surface area (Å²) in [7, 11) is 0. The average molecular weight is 355 g/mol. The van der Waals surface area contributed by atoms with Crippen molar-refractivity contribution in [2.24, 2.45) is 5.92 Å². The number of hydrogen-bond acceptors (Lipinski definition) is 4. The fraction of sp³-hybridized carbons (Fsp3) is 0.450.